The molecule has 0 aliphatic heterocycles. The van der Waals surface area contributed by atoms with Crippen molar-refractivity contribution in [1.82, 2.24) is 0 Å². The maximum Gasteiger partial charge on any atom is 0.198 e. The molecule has 0 fully saturated rings. The fourth-order valence-electron chi connectivity index (χ4n) is 1.89. The number of rotatable bonds is 2. The van der Waals surface area contributed by atoms with E-state index in [1.165, 1.54) is 6.07 Å². The van der Waals surface area contributed by atoms with E-state index < -0.39 is 5.82 Å². The van der Waals surface area contributed by atoms with E-state index in [1.54, 1.807) is 19.1 Å². The van der Waals surface area contributed by atoms with E-state index in [4.69, 9.17) is 4.42 Å². The van der Waals surface area contributed by atoms with Crippen LogP contribution < -0.4 is 5.43 Å². The average molecular weight is 231 g/mol. The average Bonchev–Trinajstić information content (AvgIpc) is 2.32. The van der Waals surface area contributed by atoms with Gasteiger partial charge in [-0.25, -0.2) is 4.39 Å². The predicted molar refractivity (Wildman–Crippen MR) is 67.2 cm³/mol. The molecule has 0 aliphatic carbocycles. The zero-order valence-electron chi connectivity index (χ0n) is 10.1. The zero-order valence-corrected chi connectivity index (χ0v) is 10.1. The number of hydrogen-bond donors (Lipinski definition) is 0. The quantitative estimate of drug-likeness (QED) is 0.743. The van der Waals surface area contributed by atoms with Crippen LogP contribution in [0.2, 0.25) is 6.82 Å². The lowest BCUT2D eigenvalue weighted by Crippen LogP contribution is -2.14. The molecule has 1 aromatic heterocycles. The third kappa shape index (κ3) is 1.88. The van der Waals surface area contributed by atoms with Gasteiger partial charge in [-0.1, -0.05) is 19.8 Å². The summed E-state index contributed by atoms with van der Waals surface area (Å²) in [4.78, 5) is 12.1. The Labute approximate surface area is 99.7 Å². The van der Waals surface area contributed by atoms with Crippen molar-refractivity contribution < 1.29 is 8.81 Å². The second-order valence-corrected chi connectivity index (χ2v) is 4.16. The van der Waals surface area contributed by atoms with Crippen molar-refractivity contribution in [2.45, 2.75) is 26.5 Å². The summed E-state index contributed by atoms with van der Waals surface area (Å²) in [5.41, 5.74) is 0.505. The molecule has 1 aromatic carbocycles. The highest BCUT2D eigenvalue weighted by atomic mass is 19.1. The van der Waals surface area contributed by atoms with Gasteiger partial charge in [0.25, 0.3) is 0 Å². The molecule has 87 valence electrons. The minimum absolute atomic E-state index is 0.0374. The minimum atomic E-state index is -0.529. The minimum Gasteiger partial charge on any atom is -0.461 e. The first kappa shape index (κ1) is 11.9. The van der Waals surface area contributed by atoms with E-state index in [0.29, 0.717) is 16.9 Å². The van der Waals surface area contributed by atoms with E-state index in [0.717, 1.165) is 0 Å². The third-order valence-corrected chi connectivity index (χ3v) is 3.05. The first-order valence-electron chi connectivity index (χ1n) is 5.57. The molecule has 0 bridgehead atoms. The third-order valence-electron chi connectivity index (χ3n) is 3.05. The Morgan fingerprint density at radius 1 is 1.41 bits per heavy atom. The summed E-state index contributed by atoms with van der Waals surface area (Å²) in [7, 11) is 1.94. The van der Waals surface area contributed by atoms with Crippen LogP contribution in [0.3, 0.4) is 0 Å². The van der Waals surface area contributed by atoms with Crippen molar-refractivity contribution in [1.29, 1.82) is 0 Å². The van der Waals surface area contributed by atoms with Crippen LogP contribution in [0.25, 0.3) is 11.0 Å². The predicted octanol–water partition coefficient (Wildman–Crippen LogP) is 3.05. The van der Waals surface area contributed by atoms with Gasteiger partial charge < -0.3 is 4.42 Å². The first-order chi connectivity index (χ1) is 8.06. The lowest BCUT2D eigenvalue weighted by Gasteiger charge is -2.11. The summed E-state index contributed by atoms with van der Waals surface area (Å²) in [6.45, 7) is 5.52. The summed E-state index contributed by atoms with van der Waals surface area (Å²) in [6.07, 6.45) is 0. The fraction of sp³-hybridized carbons (Fsp3) is 0.308. The summed E-state index contributed by atoms with van der Waals surface area (Å²) >= 11 is 0. The van der Waals surface area contributed by atoms with Crippen LogP contribution in [0.5, 0.6) is 0 Å². The van der Waals surface area contributed by atoms with E-state index in [-0.39, 0.29) is 16.6 Å². The topological polar surface area (TPSA) is 30.2 Å². The molecule has 0 saturated carbocycles. The van der Waals surface area contributed by atoms with Gasteiger partial charge in [0.1, 0.15) is 29.8 Å². The Morgan fingerprint density at radius 3 is 2.76 bits per heavy atom. The van der Waals surface area contributed by atoms with E-state index in [1.807, 2.05) is 21.0 Å². The molecule has 1 heterocycles. The summed E-state index contributed by atoms with van der Waals surface area (Å²) < 4.78 is 19.2. The molecule has 17 heavy (non-hydrogen) atoms. The van der Waals surface area contributed by atoms with Gasteiger partial charge in [0.05, 0.1) is 0 Å². The molecular formula is C13H13BFO2. The van der Waals surface area contributed by atoms with Crippen molar-refractivity contribution in [3.8, 4) is 0 Å². The molecule has 2 aromatic rings. The first-order valence-corrected chi connectivity index (χ1v) is 5.57. The molecule has 1 unspecified atom stereocenters. The largest absolute Gasteiger partial charge is 0.461 e. The fourth-order valence-corrected chi connectivity index (χ4v) is 1.89. The van der Waals surface area contributed by atoms with Crippen molar-refractivity contribution in [2.24, 2.45) is 0 Å². The standard InChI is InChI=1S/C13H13BFO2/c1-7-12(16)11-9(15)5-4-6-10(11)17-13(7)8(2)14-3/h4-6,8H,1-3H3. The van der Waals surface area contributed by atoms with Crippen molar-refractivity contribution in [3.63, 3.8) is 0 Å². The summed E-state index contributed by atoms with van der Waals surface area (Å²) in [6, 6.07) is 4.43. The maximum atomic E-state index is 13.6. The van der Waals surface area contributed by atoms with Crippen LogP contribution in [0.1, 0.15) is 24.1 Å². The van der Waals surface area contributed by atoms with Gasteiger partial charge >= 0.3 is 0 Å². The summed E-state index contributed by atoms with van der Waals surface area (Å²) in [5, 5.41) is 0.0389. The molecule has 0 aliphatic rings. The smallest absolute Gasteiger partial charge is 0.198 e. The van der Waals surface area contributed by atoms with Crippen molar-refractivity contribution in [3.05, 3.63) is 45.6 Å². The van der Waals surface area contributed by atoms with Gasteiger partial charge in [-0.2, -0.15) is 0 Å². The van der Waals surface area contributed by atoms with E-state index in [2.05, 4.69) is 0 Å². The van der Waals surface area contributed by atoms with Gasteiger partial charge in [0.2, 0.25) is 0 Å². The highest BCUT2D eigenvalue weighted by molar-refractivity contribution is 6.35. The zero-order chi connectivity index (χ0) is 12.6. The monoisotopic (exact) mass is 231 g/mol. The SMILES string of the molecule is C[B]C(C)c1oc2cccc(F)c2c(=O)c1C. The molecule has 0 saturated heterocycles. The van der Waals surface area contributed by atoms with Gasteiger partial charge in [-0.15, -0.1) is 0 Å². The molecule has 4 heteroatoms. The Morgan fingerprint density at radius 2 is 2.12 bits per heavy atom. The van der Waals surface area contributed by atoms with Gasteiger partial charge in [0.15, 0.2) is 5.43 Å². The Balaban J connectivity index is 2.85. The van der Waals surface area contributed by atoms with Gasteiger partial charge in [0, 0.05) is 5.56 Å². The number of benzene rings is 1. The van der Waals surface area contributed by atoms with E-state index in [9.17, 15) is 9.18 Å². The Bertz CT molecular complexity index is 619. The van der Waals surface area contributed by atoms with Gasteiger partial charge in [-0.3, -0.25) is 4.79 Å². The second-order valence-electron chi connectivity index (χ2n) is 4.16. The molecule has 2 rings (SSSR count). The Hall–Kier alpha value is -1.58. The normalized spacial score (nSPS) is 12.7. The molecule has 2 nitrogen and oxygen atoms in total. The molecule has 0 N–H and O–H groups in total. The maximum absolute atomic E-state index is 13.6. The van der Waals surface area contributed by atoms with Crippen molar-refractivity contribution in [2.75, 3.05) is 0 Å². The molecular weight excluding hydrogens is 218 g/mol. The van der Waals surface area contributed by atoms with Crippen molar-refractivity contribution >= 4 is 18.2 Å². The van der Waals surface area contributed by atoms with Crippen LogP contribution in [-0.4, -0.2) is 7.28 Å². The lowest BCUT2D eigenvalue weighted by atomic mass is 9.66. The van der Waals surface area contributed by atoms with Crippen LogP contribution in [0.15, 0.2) is 27.4 Å². The molecule has 1 atom stereocenters. The molecule has 1 radical (unpaired) electrons. The molecule has 0 spiro atoms. The summed E-state index contributed by atoms with van der Waals surface area (Å²) in [5.74, 6) is 0.116. The lowest BCUT2D eigenvalue weighted by molar-refractivity contribution is 0.526. The van der Waals surface area contributed by atoms with Crippen LogP contribution in [0, 0.1) is 12.7 Å². The highest BCUT2D eigenvalue weighted by Gasteiger charge is 2.17. The van der Waals surface area contributed by atoms with Crippen LogP contribution in [0.4, 0.5) is 4.39 Å². The van der Waals surface area contributed by atoms with E-state index >= 15 is 0 Å². The molecule has 0 amide bonds. The number of hydrogen-bond acceptors (Lipinski definition) is 2. The second kappa shape index (κ2) is 4.36. The Kier molecular flexibility index (Phi) is 3.05. The number of halogens is 1. The van der Waals surface area contributed by atoms with Crippen LogP contribution in [-0.2, 0) is 0 Å². The van der Waals surface area contributed by atoms with Gasteiger partial charge in [-0.05, 0) is 24.9 Å². The number of fused-ring (bicyclic) bond motifs is 1. The highest BCUT2D eigenvalue weighted by Crippen LogP contribution is 2.22. The van der Waals surface area contributed by atoms with Crippen LogP contribution >= 0.6 is 0 Å².